The summed E-state index contributed by atoms with van der Waals surface area (Å²) in [6.07, 6.45) is 6.15. The molecule has 1 aliphatic heterocycles. The summed E-state index contributed by atoms with van der Waals surface area (Å²) in [5.41, 5.74) is 3.16. The van der Waals surface area contributed by atoms with E-state index in [9.17, 15) is 15.0 Å². The number of aromatic hydroxyl groups is 1. The molecule has 2 heterocycles. The maximum absolute atomic E-state index is 13.8. The molecule has 5 rings (SSSR count). The molecule has 6 heteroatoms. The van der Waals surface area contributed by atoms with Crippen LogP contribution in [0, 0.1) is 0 Å². The molecular formula is C29H31NO4S. The number of ether oxygens (including phenoxy) is 1. The third kappa shape index (κ3) is 5.14. The van der Waals surface area contributed by atoms with E-state index in [2.05, 4.69) is 4.90 Å². The van der Waals surface area contributed by atoms with Crippen LogP contribution >= 0.6 is 11.3 Å². The van der Waals surface area contributed by atoms with Gasteiger partial charge in [-0.1, -0.05) is 13.3 Å². The lowest BCUT2D eigenvalue weighted by Gasteiger charge is -2.26. The number of fused-ring (bicyclic) bond motifs is 1. The third-order valence-electron chi connectivity index (χ3n) is 6.88. The largest absolute Gasteiger partial charge is 0.512 e. The van der Waals surface area contributed by atoms with E-state index in [0.717, 1.165) is 46.3 Å². The minimum atomic E-state index is -0.0351. The van der Waals surface area contributed by atoms with Gasteiger partial charge in [0.25, 0.3) is 0 Å². The molecule has 2 aromatic carbocycles. The van der Waals surface area contributed by atoms with E-state index in [1.807, 2.05) is 43.3 Å². The molecule has 0 radical (unpaired) electrons. The van der Waals surface area contributed by atoms with Gasteiger partial charge in [0, 0.05) is 33.8 Å². The summed E-state index contributed by atoms with van der Waals surface area (Å²) in [5.74, 6) is 1.30. The van der Waals surface area contributed by atoms with Crippen LogP contribution in [0.2, 0.25) is 0 Å². The SMILES string of the molecule is CC1CC(O)=Cc2sc(-c3ccc(O)cc3)c(C(=O)c3ccc(OCCN4CCCCC4)cc3)c21. The molecule has 1 saturated heterocycles. The number of carbonyl (C=O) groups is 1. The van der Waals surface area contributed by atoms with Crippen molar-refractivity contribution < 1.29 is 19.7 Å². The van der Waals surface area contributed by atoms with E-state index >= 15 is 0 Å². The zero-order valence-electron chi connectivity index (χ0n) is 20.0. The summed E-state index contributed by atoms with van der Waals surface area (Å²) >= 11 is 1.51. The molecule has 1 fully saturated rings. The van der Waals surface area contributed by atoms with E-state index in [1.165, 1.54) is 30.6 Å². The highest BCUT2D eigenvalue weighted by molar-refractivity contribution is 7.17. The highest BCUT2D eigenvalue weighted by Crippen LogP contribution is 2.46. The van der Waals surface area contributed by atoms with E-state index in [-0.39, 0.29) is 17.5 Å². The Morgan fingerprint density at radius 3 is 2.46 bits per heavy atom. The fourth-order valence-corrected chi connectivity index (χ4v) is 6.43. The van der Waals surface area contributed by atoms with Crippen molar-refractivity contribution in [3.05, 3.63) is 75.9 Å². The summed E-state index contributed by atoms with van der Waals surface area (Å²) in [6.45, 7) is 5.91. The molecule has 0 saturated carbocycles. The number of thiophene rings is 1. The zero-order valence-corrected chi connectivity index (χ0v) is 20.8. The summed E-state index contributed by atoms with van der Waals surface area (Å²) in [6, 6.07) is 14.3. The van der Waals surface area contributed by atoms with Crippen LogP contribution in [0.15, 0.2) is 54.3 Å². The number of likely N-dealkylation sites (tertiary alicyclic amines) is 1. The molecule has 0 amide bonds. The Morgan fingerprint density at radius 2 is 1.74 bits per heavy atom. The second-order valence-electron chi connectivity index (χ2n) is 9.48. The molecule has 0 bridgehead atoms. The maximum Gasteiger partial charge on any atom is 0.194 e. The van der Waals surface area contributed by atoms with E-state index < -0.39 is 0 Å². The number of aliphatic hydroxyl groups excluding tert-OH is 1. The number of piperidine rings is 1. The Labute approximate surface area is 210 Å². The van der Waals surface area contributed by atoms with Crippen molar-refractivity contribution in [3.8, 4) is 21.9 Å². The standard InChI is InChI=1S/C29H31NO4S/c1-19-17-23(32)18-25-26(19)27(29(35-25)21-5-9-22(31)10-6-21)28(33)20-7-11-24(12-8-20)34-16-15-30-13-3-2-4-14-30/h5-12,18-19,31-32H,2-4,13-17H2,1H3. The molecule has 1 aliphatic carbocycles. The van der Waals surface area contributed by atoms with Crippen molar-refractivity contribution in [3.63, 3.8) is 0 Å². The van der Waals surface area contributed by atoms with Crippen LogP contribution in [0.3, 0.4) is 0 Å². The van der Waals surface area contributed by atoms with Gasteiger partial charge in [-0.2, -0.15) is 0 Å². The number of phenols is 1. The first-order chi connectivity index (χ1) is 17.0. The summed E-state index contributed by atoms with van der Waals surface area (Å²) in [7, 11) is 0. The minimum Gasteiger partial charge on any atom is -0.512 e. The number of aliphatic hydroxyl groups is 1. The number of hydrogen-bond donors (Lipinski definition) is 2. The number of rotatable bonds is 7. The molecule has 1 unspecified atom stereocenters. The van der Waals surface area contributed by atoms with E-state index in [1.54, 1.807) is 18.2 Å². The number of benzene rings is 2. The number of ketones is 1. The fraction of sp³-hybridized carbons (Fsp3) is 0.345. The normalized spacial score (nSPS) is 18.1. The predicted octanol–water partition coefficient (Wildman–Crippen LogP) is 6.62. The lowest BCUT2D eigenvalue weighted by Crippen LogP contribution is -2.33. The average molecular weight is 490 g/mol. The number of nitrogens with zero attached hydrogens (tertiary/aromatic N) is 1. The van der Waals surface area contributed by atoms with Crippen LogP contribution in [0.1, 0.15) is 64.9 Å². The molecule has 35 heavy (non-hydrogen) atoms. The number of carbonyl (C=O) groups excluding carboxylic acids is 1. The number of phenolic OH excluding ortho intramolecular Hbond substituents is 1. The van der Waals surface area contributed by atoms with Gasteiger partial charge in [-0.25, -0.2) is 0 Å². The van der Waals surface area contributed by atoms with Gasteiger partial charge in [0.15, 0.2) is 5.78 Å². The quantitative estimate of drug-likeness (QED) is 0.365. The molecule has 1 atom stereocenters. The van der Waals surface area contributed by atoms with Crippen LogP contribution in [0.4, 0.5) is 0 Å². The van der Waals surface area contributed by atoms with Crippen molar-refractivity contribution in [1.82, 2.24) is 4.90 Å². The van der Waals surface area contributed by atoms with Crippen LogP contribution < -0.4 is 4.74 Å². The van der Waals surface area contributed by atoms with Gasteiger partial charge in [0.2, 0.25) is 0 Å². The van der Waals surface area contributed by atoms with Crippen LogP contribution in [0.25, 0.3) is 16.5 Å². The van der Waals surface area contributed by atoms with E-state index in [0.29, 0.717) is 29.9 Å². The molecule has 1 aromatic heterocycles. The molecular weight excluding hydrogens is 458 g/mol. The van der Waals surface area contributed by atoms with Gasteiger partial charge in [-0.15, -0.1) is 11.3 Å². The minimum absolute atomic E-state index is 0.0351. The second-order valence-corrected chi connectivity index (χ2v) is 10.5. The molecule has 2 aliphatic rings. The lowest BCUT2D eigenvalue weighted by molar-refractivity contribution is 0.103. The topological polar surface area (TPSA) is 70.0 Å². The van der Waals surface area contributed by atoms with Crippen molar-refractivity contribution in [1.29, 1.82) is 0 Å². The van der Waals surface area contributed by atoms with Gasteiger partial charge < -0.3 is 14.9 Å². The average Bonchev–Trinajstić information content (AvgIpc) is 3.25. The van der Waals surface area contributed by atoms with Gasteiger partial charge in [0.1, 0.15) is 18.1 Å². The highest BCUT2D eigenvalue weighted by Gasteiger charge is 2.30. The molecule has 0 spiro atoms. The van der Waals surface area contributed by atoms with Crippen molar-refractivity contribution in [2.45, 2.75) is 38.5 Å². The first-order valence-corrected chi connectivity index (χ1v) is 13.2. The van der Waals surface area contributed by atoms with Crippen molar-refractivity contribution in [2.75, 3.05) is 26.2 Å². The Kier molecular flexibility index (Phi) is 6.93. The smallest absolute Gasteiger partial charge is 0.194 e. The van der Waals surface area contributed by atoms with Gasteiger partial charge >= 0.3 is 0 Å². The number of allylic oxidation sites excluding steroid dienone is 1. The van der Waals surface area contributed by atoms with Crippen LogP contribution in [0.5, 0.6) is 11.5 Å². The molecule has 2 N–H and O–H groups in total. The highest BCUT2D eigenvalue weighted by atomic mass is 32.1. The molecule has 182 valence electrons. The van der Waals surface area contributed by atoms with Gasteiger partial charge in [-0.3, -0.25) is 9.69 Å². The number of hydrogen-bond acceptors (Lipinski definition) is 6. The van der Waals surface area contributed by atoms with Crippen molar-refractivity contribution >= 4 is 23.2 Å². The zero-order chi connectivity index (χ0) is 24.4. The second kappa shape index (κ2) is 10.3. The Morgan fingerprint density at radius 1 is 1.03 bits per heavy atom. The van der Waals surface area contributed by atoms with Crippen LogP contribution in [-0.2, 0) is 0 Å². The molecule has 3 aromatic rings. The fourth-order valence-electron chi connectivity index (χ4n) is 5.05. The maximum atomic E-state index is 13.8. The predicted molar refractivity (Wildman–Crippen MR) is 141 cm³/mol. The van der Waals surface area contributed by atoms with E-state index in [4.69, 9.17) is 4.74 Å². The van der Waals surface area contributed by atoms with Gasteiger partial charge in [0.05, 0.1) is 5.76 Å². The third-order valence-corrected chi connectivity index (χ3v) is 8.08. The Hall–Kier alpha value is -3.09. The summed E-state index contributed by atoms with van der Waals surface area (Å²) in [4.78, 5) is 18.1. The van der Waals surface area contributed by atoms with Crippen molar-refractivity contribution in [2.24, 2.45) is 0 Å². The lowest BCUT2D eigenvalue weighted by atomic mass is 9.85. The Bertz CT molecular complexity index is 1220. The molecule has 5 nitrogen and oxygen atoms in total. The summed E-state index contributed by atoms with van der Waals surface area (Å²) < 4.78 is 5.95. The summed E-state index contributed by atoms with van der Waals surface area (Å²) in [5, 5.41) is 19.9. The first kappa shape index (κ1) is 23.6. The monoisotopic (exact) mass is 489 g/mol. The van der Waals surface area contributed by atoms with Gasteiger partial charge in [-0.05, 0) is 97.6 Å². The van der Waals surface area contributed by atoms with Crippen LogP contribution in [-0.4, -0.2) is 47.1 Å². The Balaban J connectivity index is 1.40. The first-order valence-electron chi connectivity index (χ1n) is 12.3.